The minimum absolute atomic E-state index is 0. The zero-order valence-electron chi connectivity index (χ0n) is 10.3. The van der Waals surface area contributed by atoms with Gasteiger partial charge < -0.3 is 14.3 Å². The molecule has 1 aromatic rings. The lowest BCUT2D eigenvalue weighted by Crippen LogP contribution is -2.35. The lowest BCUT2D eigenvalue weighted by molar-refractivity contribution is 0.0339. The molecule has 102 valence electrons. The van der Waals surface area contributed by atoms with Gasteiger partial charge >= 0.3 is 5.97 Å². The third-order valence-corrected chi connectivity index (χ3v) is 2.93. The van der Waals surface area contributed by atoms with E-state index < -0.39 is 5.97 Å². The number of halogens is 1. The molecule has 5 nitrogen and oxygen atoms in total. The summed E-state index contributed by atoms with van der Waals surface area (Å²) < 4.78 is 10.6. The van der Waals surface area contributed by atoms with E-state index in [-0.39, 0.29) is 18.2 Å². The highest BCUT2D eigenvalue weighted by atomic mass is 35.5. The van der Waals surface area contributed by atoms with Crippen molar-refractivity contribution in [3.63, 3.8) is 0 Å². The van der Waals surface area contributed by atoms with Crippen LogP contribution in [0.5, 0.6) is 0 Å². The van der Waals surface area contributed by atoms with Gasteiger partial charge in [0.15, 0.2) is 0 Å². The van der Waals surface area contributed by atoms with Crippen LogP contribution in [-0.2, 0) is 17.7 Å². The van der Waals surface area contributed by atoms with Gasteiger partial charge in [-0.1, -0.05) is 6.92 Å². The number of aromatic carboxylic acids is 1. The Morgan fingerprint density at radius 1 is 1.44 bits per heavy atom. The zero-order valence-corrected chi connectivity index (χ0v) is 11.2. The molecule has 0 bridgehead atoms. The van der Waals surface area contributed by atoms with Crippen molar-refractivity contribution in [3.8, 4) is 0 Å². The Bertz CT molecular complexity index is 399. The monoisotopic (exact) mass is 275 g/mol. The average molecular weight is 276 g/mol. The second kappa shape index (κ2) is 6.78. The number of rotatable bonds is 4. The molecule has 0 spiro atoms. The van der Waals surface area contributed by atoms with Gasteiger partial charge in [0.05, 0.1) is 13.2 Å². The van der Waals surface area contributed by atoms with E-state index in [2.05, 4.69) is 4.90 Å². The fourth-order valence-corrected chi connectivity index (χ4v) is 2.01. The van der Waals surface area contributed by atoms with Gasteiger partial charge in [0.25, 0.3) is 0 Å². The summed E-state index contributed by atoms with van der Waals surface area (Å²) in [5.41, 5.74) is 0.979. The Hall–Kier alpha value is -1.04. The number of hydrogen-bond donors (Lipinski definition) is 1. The van der Waals surface area contributed by atoms with Crippen molar-refractivity contribution in [2.45, 2.75) is 19.9 Å². The summed E-state index contributed by atoms with van der Waals surface area (Å²) >= 11 is 0. The van der Waals surface area contributed by atoms with Crippen molar-refractivity contribution in [1.29, 1.82) is 0 Å². The van der Waals surface area contributed by atoms with Crippen LogP contribution < -0.4 is 0 Å². The lowest BCUT2D eigenvalue weighted by atomic mass is 10.2. The summed E-state index contributed by atoms with van der Waals surface area (Å²) in [4.78, 5) is 13.1. The molecule has 2 heterocycles. The van der Waals surface area contributed by atoms with E-state index in [1.807, 2.05) is 6.92 Å². The predicted molar refractivity (Wildman–Crippen MR) is 68.4 cm³/mol. The second-order valence-corrected chi connectivity index (χ2v) is 4.11. The summed E-state index contributed by atoms with van der Waals surface area (Å²) in [5.74, 6) is -0.202. The molecule has 0 atom stereocenters. The third kappa shape index (κ3) is 3.48. The Kier molecular flexibility index (Phi) is 5.65. The smallest absolute Gasteiger partial charge is 0.371 e. The van der Waals surface area contributed by atoms with Crippen molar-refractivity contribution >= 4 is 18.4 Å². The Morgan fingerprint density at radius 2 is 2.11 bits per heavy atom. The van der Waals surface area contributed by atoms with Crippen LogP contribution in [0.4, 0.5) is 0 Å². The van der Waals surface area contributed by atoms with Crippen molar-refractivity contribution in [3.05, 3.63) is 23.2 Å². The molecule has 1 fully saturated rings. The molecule has 0 unspecified atom stereocenters. The Labute approximate surface area is 112 Å². The number of carbonyl (C=O) groups is 1. The average Bonchev–Trinajstić information content (AvgIpc) is 2.74. The van der Waals surface area contributed by atoms with Crippen LogP contribution in [0, 0.1) is 0 Å². The molecule has 18 heavy (non-hydrogen) atoms. The van der Waals surface area contributed by atoms with Crippen LogP contribution in [0.25, 0.3) is 0 Å². The van der Waals surface area contributed by atoms with E-state index in [0.717, 1.165) is 44.2 Å². The molecule has 0 amide bonds. The van der Waals surface area contributed by atoms with Gasteiger partial charge in [0, 0.05) is 31.6 Å². The molecule has 1 N–H and O–H groups in total. The summed E-state index contributed by atoms with van der Waals surface area (Å²) in [5, 5.41) is 8.90. The highest BCUT2D eigenvalue weighted by Gasteiger charge is 2.18. The summed E-state index contributed by atoms with van der Waals surface area (Å²) in [6.07, 6.45) is 0.715. The van der Waals surface area contributed by atoms with Gasteiger partial charge in [-0.3, -0.25) is 4.90 Å². The quantitative estimate of drug-likeness (QED) is 0.908. The number of ether oxygens (including phenoxy) is 1. The molecule has 6 heteroatoms. The summed E-state index contributed by atoms with van der Waals surface area (Å²) in [6.45, 7) is 5.96. The molecule has 1 aliphatic heterocycles. The Morgan fingerprint density at radius 3 is 2.67 bits per heavy atom. The lowest BCUT2D eigenvalue weighted by Gasteiger charge is -2.26. The maximum Gasteiger partial charge on any atom is 0.371 e. The van der Waals surface area contributed by atoms with E-state index >= 15 is 0 Å². The fourth-order valence-electron chi connectivity index (χ4n) is 2.01. The number of carboxylic acids is 1. The predicted octanol–water partition coefficient (Wildman–Crippen LogP) is 1.79. The van der Waals surface area contributed by atoms with Crippen LogP contribution >= 0.6 is 12.4 Å². The molecular weight excluding hydrogens is 258 g/mol. The molecule has 0 saturated carbocycles. The third-order valence-electron chi connectivity index (χ3n) is 2.93. The first-order valence-corrected chi connectivity index (χ1v) is 5.85. The molecule has 1 aliphatic rings. The number of aryl methyl sites for hydroxylation is 1. The van der Waals surface area contributed by atoms with Crippen molar-refractivity contribution < 1.29 is 19.1 Å². The van der Waals surface area contributed by atoms with Gasteiger partial charge in [-0.2, -0.15) is 0 Å². The molecule has 1 aromatic heterocycles. The van der Waals surface area contributed by atoms with Gasteiger partial charge in [-0.15, -0.1) is 12.4 Å². The van der Waals surface area contributed by atoms with E-state index in [1.54, 1.807) is 6.07 Å². The minimum atomic E-state index is -1.01. The maximum absolute atomic E-state index is 10.8. The molecular formula is C12H18ClNO4. The molecule has 0 aliphatic carbocycles. The van der Waals surface area contributed by atoms with Gasteiger partial charge in [0.2, 0.25) is 5.76 Å². The molecule has 1 saturated heterocycles. The Balaban J connectivity index is 0.00000162. The highest BCUT2D eigenvalue weighted by Crippen LogP contribution is 2.19. The molecule has 0 aromatic carbocycles. The number of furan rings is 1. The van der Waals surface area contributed by atoms with Crippen LogP contribution in [-0.4, -0.2) is 42.3 Å². The highest BCUT2D eigenvalue weighted by molar-refractivity contribution is 5.85. The SMILES string of the molecule is CCc1oc(C(=O)O)cc1CN1CCOCC1.Cl. The minimum Gasteiger partial charge on any atom is -0.475 e. The first-order chi connectivity index (χ1) is 8.20. The van der Waals surface area contributed by atoms with Crippen molar-refractivity contribution in [2.24, 2.45) is 0 Å². The van der Waals surface area contributed by atoms with E-state index in [0.29, 0.717) is 6.42 Å². The van der Waals surface area contributed by atoms with Gasteiger partial charge in [0.1, 0.15) is 5.76 Å². The standard InChI is InChI=1S/C12H17NO4.ClH/c1-2-10-9(7-11(17-10)12(14)15)8-13-3-5-16-6-4-13;/h7H,2-6,8H2,1H3,(H,14,15);1H. The molecule has 2 rings (SSSR count). The second-order valence-electron chi connectivity index (χ2n) is 4.11. The first-order valence-electron chi connectivity index (χ1n) is 5.85. The largest absolute Gasteiger partial charge is 0.475 e. The van der Waals surface area contributed by atoms with E-state index in [9.17, 15) is 4.79 Å². The van der Waals surface area contributed by atoms with Crippen LogP contribution in [0.1, 0.15) is 28.8 Å². The number of carboxylic acid groups (broad SMARTS) is 1. The van der Waals surface area contributed by atoms with Crippen molar-refractivity contribution in [1.82, 2.24) is 4.90 Å². The van der Waals surface area contributed by atoms with Crippen molar-refractivity contribution in [2.75, 3.05) is 26.3 Å². The summed E-state index contributed by atoms with van der Waals surface area (Å²) in [6, 6.07) is 1.64. The number of hydrogen-bond acceptors (Lipinski definition) is 4. The fraction of sp³-hybridized carbons (Fsp3) is 0.583. The van der Waals surface area contributed by atoms with E-state index in [4.69, 9.17) is 14.3 Å². The van der Waals surface area contributed by atoms with Crippen LogP contribution in [0.3, 0.4) is 0 Å². The summed E-state index contributed by atoms with van der Waals surface area (Å²) in [7, 11) is 0. The topological polar surface area (TPSA) is 62.9 Å². The number of nitrogens with zero attached hydrogens (tertiary/aromatic N) is 1. The van der Waals surface area contributed by atoms with Crippen LogP contribution in [0.15, 0.2) is 10.5 Å². The van der Waals surface area contributed by atoms with Crippen LogP contribution in [0.2, 0.25) is 0 Å². The van der Waals surface area contributed by atoms with Gasteiger partial charge in [-0.05, 0) is 6.07 Å². The normalized spacial score (nSPS) is 16.3. The first kappa shape index (κ1) is 15.0. The maximum atomic E-state index is 10.8. The zero-order chi connectivity index (χ0) is 12.3. The van der Waals surface area contributed by atoms with Gasteiger partial charge in [-0.25, -0.2) is 4.79 Å². The van der Waals surface area contributed by atoms with E-state index in [1.165, 1.54) is 0 Å². The number of morpholine rings is 1. The molecule has 0 radical (unpaired) electrons.